The van der Waals surface area contributed by atoms with E-state index >= 15 is 0 Å². The molecule has 9 heavy (non-hydrogen) atoms. The second kappa shape index (κ2) is 2.27. The standard InChI is InChI=1S/C6H9NO2/c1-4-3-7-6(9)2-5(4)8/h3-4,6,9H,2H2,1H3. The molecule has 0 amide bonds. The largest absolute Gasteiger partial charge is 0.371 e. The molecule has 2 unspecified atom stereocenters. The third kappa shape index (κ3) is 1.36. The molecule has 1 N–H and O–H groups in total. The Bertz CT molecular complexity index is 153. The molecule has 0 radical (unpaired) electrons. The van der Waals surface area contributed by atoms with Gasteiger partial charge in [0.15, 0.2) is 6.23 Å². The average molecular weight is 127 g/mol. The molecule has 0 bridgehead atoms. The molecule has 0 aromatic carbocycles. The van der Waals surface area contributed by atoms with E-state index in [9.17, 15) is 4.79 Å². The minimum absolute atomic E-state index is 0.0671. The van der Waals surface area contributed by atoms with E-state index in [2.05, 4.69) is 4.99 Å². The van der Waals surface area contributed by atoms with Crippen LogP contribution in [0.25, 0.3) is 0 Å². The first-order chi connectivity index (χ1) is 4.20. The Balaban J connectivity index is 2.65. The van der Waals surface area contributed by atoms with Crippen molar-refractivity contribution in [2.45, 2.75) is 19.6 Å². The summed E-state index contributed by atoms with van der Waals surface area (Å²) >= 11 is 0. The summed E-state index contributed by atoms with van der Waals surface area (Å²) < 4.78 is 0. The molecule has 50 valence electrons. The van der Waals surface area contributed by atoms with E-state index < -0.39 is 6.23 Å². The van der Waals surface area contributed by atoms with E-state index in [0.717, 1.165) is 0 Å². The highest BCUT2D eigenvalue weighted by Crippen LogP contribution is 2.07. The molecule has 3 heteroatoms. The Morgan fingerprint density at radius 2 is 2.56 bits per heavy atom. The van der Waals surface area contributed by atoms with Gasteiger partial charge in [0.05, 0.1) is 12.3 Å². The highest BCUT2D eigenvalue weighted by atomic mass is 16.3. The summed E-state index contributed by atoms with van der Waals surface area (Å²) in [5.74, 6) is -0.0362. The van der Waals surface area contributed by atoms with Crippen molar-refractivity contribution in [1.82, 2.24) is 0 Å². The first kappa shape index (κ1) is 6.42. The molecule has 0 fully saturated rings. The van der Waals surface area contributed by atoms with Gasteiger partial charge in [0.2, 0.25) is 0 Å². The van der Waals surface area contributed by atoms with Crippen LogP contribution in [-0.2, 0) is 4.79 Å². The lowest BCUT2D eigenvalue weighted by atomic mass is 10.0. The van der Waals surface area contributed by atoms with E-state index in [4.69, 9.17) is 5.11 Å². The van der Waals surface area contributed by atoms with Crippen molar-refractivity contribution >= 4 is 12.0 Å². The number of aliphatic hydroxyl groups excluding tert-OH is 1. The van der Waals surface area contributed by atoms with Gasteiger partial charge in [0.1, 0.15) is 5.78 Å². The lowest BCUT2D eigenvalue weighted by Gasteiger charge is -2.12. The third-order valence-electron chi connectivity index (χ3n) is 1.37. The number of aliphatic imine (C=N–C) groups is 1. The van der Waals surface area contributed by atoms with Gasteiger partial charge in [-0.15, -0.1) is 0 Å². The smallest absolute Gasteiger partial charge is 0.151 e. The Kier molecular flexibility index (Phi) is 1.62. The zero-order valence-corrected chi connectivity index (χ0v) is 5.24. The Labute approximate surface area is 53.4 Å². The van der Waals surface area contributed by atoms with E-state index in [0.29, 0.717) is 0 Å². The highest BCUT2D eigenvalue weighted by Gasteiger charge is 2.18. The number of nitrogens with zero attached hydrogens (tertiary/aromatic N) is 1. The zero-order valence-electron chi connectivity index (χ0n) is 5.24. The Hall–Kier alpha value is -0.700. The van der Waals surface area contributed by atoms with Gasteiger partial charge in [0, 0.05) is 6.21 Å². The van der Waals surface area contributed by atoms with E-state index in [-0.39, 0.29) is 18.1 Å². The van der Waals surface area contributed by atoms with Gasteiger partial charge in [0.25, 0.3) is 0 Å². The number of carbonyl (C=O) groups is 1. The van der Waals surface area contributed by atoms with Gasteiger partial charge in [-0.3, -0.25) is 9.79 Å². The summed E-state index contributed by atoms with van der Waals surface area (Å²) in [7, 11) is 0. The molecule has 0 aliphatic carbocycles. The number of Topliss-reactive ketones (excluding diaryl/α,β-unsaturated/α-hetero) is 1. The van der Waals surface area contributed by atoms with Crippen molar-refractivity contribution in [3.05, 3.63) is 0 Å². The fourth-order valence-electron chi connectivity index (χ4n) is 0.730. The maximum absolute atomic E-state index is 10.8. The Morgan fingerprint density at radius 1 is 1.89 bits per heavy atom. The number of rotatable bonds is 0. The number of hydrogen-bond acceptors (Lipinski definition) is 3. The fraction of sp³-hybridized carbons (Fsp3) is 0.667. The lowest BCUT2D eigenvalue weighted by Crippen LogP contribution is -2.24. The van der Waals surface area contributed by atoms with Crippen LogP contribution in [0, 0.1) is 5.92 Å². The molecule has 1 heterocycles. The van der Waals surface area contributed by atoms with Crippen LogP contribution in [0.1, 0.15) is 13.3 Å². The monoisotopic (exact) mass is 127 g/mol. The second-order valence-corrected chi connectivity index (χ2v) is 2.24. The van der Waals surface area contributed by atoms with Crippen LogP contribution in [-0.4, -0.2) is 23.3 Å². The summed E-state index contributed by atoms with van der Waals surface area (Å²) in [4.78, 5) is 14.4. The van der Waals surface area contributed by atoms with Gasteiger partial charge < -0.3 is 5.11 Å². The molecule has 0 saturated carbocycles. The summed E-state index contributed by atoms with van der Waals surface area (Å²) in [6.45, 7) is 1.78. The molecule has 0 saturated heterocycles. The van der Waals surface area contributed by atoms with Crippen LogP contribution in [0.3, 0.4) is 0 Å². The van der Waals surface area contributed by atoms with Gasteiger partial charge in [-0.25, -0.2) is 0 Å². The van der Waals surface area contributed by atoms with Crippen molar-refractivity contribution in [1.29, 1.82) is 0 Å². The normalized spacial score (nSPS) is 35.1. The number of hydrogen-bond donors (Lipinski definition) is 1. The highest BCUT2D eigenvalue weighted by molar-refractivity contribution is 5.96. The first-order valence-electron chi connectivity index (χ1n) is 2.94. The minimum atomic E-state index is -0.784. The van der Waals surface area contributed by atoms with Gasteiger partial charge >= 0.3 is 0 Å². The molecule has 0 spiro atoms. The van der Waals surface area contributed by atoms with Crippen molar-refractivity contribution in [3.8, 4) is 0 Å². The predicted octanol–water partition coefficient (Wildman–Crippen LogP) is -0.0155. The first-order valence-corrected chi connectivity index (χ1v) is 2.94. The van der Waals surface area contributed by atoms with E-state index in [1.165, 1.54) is 6.21 Å². The summed E-state index contributed by atoms with van der Waals surface area (Å²) in [6, 6.07) is 0. The fourth-order valence-corrected chi connectivity index (χ4v) is 0.730. The van der Waals surface area contributed by atoms with Crippen LogP contribution in [0.2, 0.25) is 0 Å². The molecule has 0 aromatic heterocycles. The predicted molar refractivity (Wildman–Crippen MR) is 33.3 cm³/mol. The van der Waals surface area contributed by atoms with Crippen LogP contribution in [0.15, 0.2) is 4.99 Å². The van der Waals surface area contributed by atoms with Crippen molar-refractivity contribution in [2.24, 2.45) is 10.9 Å². The maximum Gasteiger partial charge on any atom is 0.151 e. The van der Waals surface area contributed by atoms with Gasteiger partial charge in [-0.05, 0) is 0 Å². The molecular weight excluding hydrogens is 118 g/mol. The SMILES string of the molecule is CC1C=NC(O)CC1=O. The second-order valence-electron chi connectivity index (χ2n) is 2.24. The molecule has 1 aliphatic heterocycles. The summed E-state index contributed by atoms with van der Waals surface area (Å²) in [5, 5.41) is 8.78. The number of aliphatic hydroxyl groups is 1. The summed E-state index contributed by atoms with van der Waals surface area (Å²) in [5.41, 5.74) is 0. The molecule has 0 aromatic rings. The van der Waals surface area contributed by atoms with Gasteiger partial charge in [-0.2, -0.15) is 0 Å². The quantitative estimate of drug-likeness (QED) is 0.497. The molecule has 1 rings (SSSR count). The molecule has 1 aliphatic rings. The van der Waals surface area contributed by atoms with Crippen LogP contribution in [0.4, 0.5) is 0 Å². The van der Waals surface area contributed by atoms with Crippen LogP contribution in [0.5, 0.6) is 0 Å². The van der Waals surface area contributed by atoms with Crippen molar-refractivity contribution in [3.63, 3.8) is 0 Å². The number of carbonyl (C=O) groups excluding carboxylic acids is 1. The third-order valence-corrected chi connectivity index (χ3v) is 1.37. The van der Waals surface area contributed by atoms with Gasteiger partial charge in [-0.1, -0.05) is 6.92 Å². The zero-order chi connectivity index (χ0) is 6.85. The average Bonchev–Trinajstić information content (AvgIpc) is 1.80. The van der Waals surface area contributed by atoms with E-state index in [1.807, 2.05) is 0 Å². The molecule has 3 nitrogen and oxygen atoms in total. The van der Waals surface area contributed by atoms with Crippen molar-refractivity contribution < 1.29 is 9.90 Å². The molecular formula is C6H9NO2. The van der Waals surface area contributed by atoms with Crippen molar-refractivity contribution in [2.75, 3.05) is 0 Å². The topological polar surface area (TPSA) is 49.7 Å². The van der Waals surface area contributed by atoms with Crippen LogP contribution < -0.4 is 0 Å². The lowest BCUT2D eigenvalue weighted by molar-refractivity contribution is -0.122. The number of ketones is 1. The Morgan fingerprint density at radius 3 is 3.00 bits per heavy atom. The summed E-state index contributed by atoms with van der Waals surface area (Å²) in [6.07, 6.45) is 0.891. The van der Waals surface area contributed by atoms with E-state index in [1.54, 1.807) is 6.92 Å². The molecule has 2 atom stereocenters. The minimum Gasteiger partial charge on any atom is -0.371 e. The maximum atomic E-state index is 10.8. The van der Waals surface area contributed by atoms with Crippen LogP contribution >= 0.6 is 0 Å².